The smallest absolute Gasteiger partial charge is 0.253 e. The summed E-state index contributed by atoms with van der Waals surface area (Å²) in [5.74, 6) is -2.80. The van der Waals surface area contributed by atoms with Crippen molar-refractivity contribution in [3.63, 3.8) is 0 Å². The Morgan fingerprint density at radius 2 is 1.90 bits per heavy atom. The molecular weight excluding hydrogens is 140 g/mol. The van der Waals surface area contributed by atoms with Crippen molar-refractivity contribution >= 4 is 5.91 Å². The topological polar surface area (TPSA) is 17.1 Å². The number of rotatable bonds is 0. The minimum Gasteiger partial charge on any atom is -0.253 e. The fraction of sp³-hybridized carbons (Fsp3) is 0.833. The summed E-state index contributed by atoms with van der Waals surface area (Å²) in [4.78, 5) is 10.7. The van der Waals surface area contributed by atoms with Crippen molar-refractivity contribution < 1.29 is 18.1 Å². The highest BCUT2D eigenvalue weighted by atomic mass is 19.3. The molecule has 0 aromatic heterocycles. The molecule has 1 heterocycles. The zero-order valence-corrected chi connectivity index (χ0v) is 6.03. The first-order valence-corrected chi connectivity index (χ1v) is 3.09. The van der Waals surface area contributed by atoms with Crippen LogP contribution in [0, 0.1) is 0 Å². The van der Waals surface area contributed by atoms with Crippen LogP contribution in [0.3, 0.4) is 0 Å². The summed E-state index contributed by atoms with van der Waals surface area (Å²) in [5, 5.41) is 0. The van der Waals surface area contributed by atoms with E-state index in [4.69, 9.17) is 0 Å². The maximum Gasteiger partial charge on any atom is 0.343 e. The molecule has 1 rings (SSSR count). The second kappa shape index (κ2) is 1.75. The highest BCUT2D eigenvalue weighted by Crippen LogP contribution is 2.32. The van der Waals surface area contributed by atoms with Crippen molar-refractivity contribution in [1.82, 2.24) is 0 Å². The minimum absolute atomic E-state index is 0.118. The number of carbonyl (C=O) groups excluding carboxylic acids is 1. The van der Waals surface area contributed by atoms with E-state index in [0.717, 1.165) is 0 Å². The largest absolute Gasteiger partial charge is 0.343 e. The standard InChI is InChI=1S/C6H10F2NO/c1-5(10)9(2)3-6(7,8)4-9/h3-4H2,1-2H3/q+1. The number of alkyl halides is 2. The van der Waals surface area contributed by atoms with Gasteiger partial charge in [0, 0.05) is 0 Å². The Kier molecular flexibility index (Phi) is 1.33. The van der Waals surface area contributed by atoms with Gasteiger partial charge in [-0.15, -0.1) is 0 Å². The Bertz CT molecular complexity index is 171. The van der Waals surface area contributed by atoms with Gasteiger partial charge in [-0.1, -0.05) is 0 Å². The molecule has 10 heavy (non-hydrogen) atoms. The summed E-state index contributed by atoms with van der Waals surface area (Å²) >= 11 is 0. The van der Waals surface area contributed by atoms with Crippen LogP contribution in [0.15, 0.2) is 0 Å². The fourth-order valence-corrected chi connectivity index (χ4v) is 1.20. The zero-order chi connectivity index (χ0) is 7.99. The van der Waals surface area contributed by atoms with Gasteiger partial charge in [0.25, 0.3) is 0 Å². The Labute approximate surface area is 58.0 Å². The predicted molar refractivity (Wildman–Crippen MR) is 31.5 cm³/mol. The van der Waals surface area contributed by atoms with Crippen molar-refractivity contribution in [1.29, 1.82) is 0 Å². The van der Waals surface area contributed by atoms with Gasteiger partial charge in [-0.25, -0.2) is 4.79 Å². The van der Waals surface area contributed by atoms with Crippen LogP contribution in [0.4, 0.5) is 8.78 Å². The average molecular weight is 150 g/mol. The molecule has 0 aromatic rings. The van der Waals surface area contributed by atoms with Crippen molar-refractivity contribution in [3.8, 4) is 0 Å². The third-order valence-electron chi connectivity index (χ3n) is 1.92. The van der Waals surface area contributed by atoms with Crippen LogP contribution in [0.5, 0.6) is 0 Å². The fourth-order valence-electron chi connectivity index (χ4n) is 1.20. The van der Waals surface area contributed by atoms with E-state index in [1.54, 1.807) is 0 Å². The van der Waals surface area contributed by atoms with E-state index >= 15 is 0 Å². The lowest BCUT2D eigenvalue weighted by Gasteiger charge is -2.43. The third kappa shape index (κ3) is 1.03. The van der Waals surface area contributed by atoms with Crippen molar-refractivity contribution in [3.05, 3.63) is 0 Å². The molecule has 1 aliphatic rings. The molecule has 2 nitrogen and oxygen atoms in total. The monoisotopic (exact) mass is 150 g/mol. The van der Waals surface area contributed by atoms with Gasteiger partial charge < -0.3 is 0 Å². The normalized spacial score (nSPS) is 27.2. The molecule has 0 bridgehead atoms. The number of halogens is 2. The second-order valence-electron chi connectivity index (χ2n) is 3.09. The van der Waals surface area contributed by atoms with Crippen LogP contribution in [0.2, 0.25) is 0 Å². The van der Waals surface area contributed by atoms with E-state index < -0.39 is 5.92 Å². The molecule has 1 fully saturated rings. The minimum atomic E-state index is -2.61. The molecule has 0 spiro atoms. The first-order valence-electron chi connectivity index (χ1n) is 3.09. The third-order valence-corrected chi connectivity index (χ3v) is 1.92. The molecule has 1 amide bonds. The van der Waals surface area contributed by atoms with Crippen LogP contribution < -0.4 is 0 Å². The molecule has 0 N–H and O–H groups in total. The lowest BCUT2D eigenvalue weighted by Crippen LogP contribution is -2.69. The molecule has 0 radical (unpaired) electrons. The van der Waals surface area contributed by atoms with Gasteiger partial charge in [0.05, 0.1) is 14.0 Å². The number of quaternary nitrogens is 1. The predicted octanol–water partition coefficient (Wildman–Crippen LogP) is 0.628. The van der Waals surface area contributed by atoms with Crippen LogP contribution in [0.25, 0.3) is 0 Å². The molecule has 1 saturated heterocycles. The highest BCUT2D eigenvalue weighted by molar-refractivity contribution is 5.66. The maximum absolute atomic E-state index is 12.2. The number of likely N-dealkylation sites (tertiary alicyclic amines) is 1. The van der Waals surface area contributed by atoms with E-state index in [-0.39, 0.29) is 23.5 Å². The molecule has 1 aliphatic heterocycles. The van der Waals surface area contributed by atoms with E-state index in [0.29, 0.717) is 0 Å². The van der Waals surface area contributed by atoms with Crippen molar-refractivity contribution in [2.45, 2.75) is 12.8 Å². The molecule has 0 aromatic carbocycles. The van der Waals surface area contributed by atoms with Gasteiger partial charge in [0.2, 0.25) is 0 Å². The quantitative estimate of drug-likeness (QED) is 0.463. The first kappa shape index (κ1) is 7.60. The van der Waals surface area contributed by atoms with Crippen LogP contribution in [0.1, 0.15) is 6.92 Å². The molecule has 0 aliphatic carbocycles. The lowest BCUT2D eigenvalue weighted by atomic mass is 10.1. The Balaban J connectivity index is 2.58. The molecule has 58 valence electrons. The molecular formula is C6H10F2NO+. The molecule has 0 atom stereocenters. The van der Waals surface area contributed by atoms with Gasteiger partial charge in [-0.2, -0.15) is 8.78 Å². The summed E-state index contributed by atoms with van der Waals surface area (Å²) < 4.78 is 24.3. The van der Waals surface area contributed by atoms with Crippen LogP contribution in [-0.2, 0) is 4.79 Å². The number of carbonyl (C=O) groups is 1. The van der Waals surface area contributed by atoms with E-state index in [9.17, 15) is 13.6 Å². The summed E-state index contributed by atoms with van der Waals surface area (Å²) in [6.45, 7) is 0.680. The van der Waals surface area contributed by atoms with E-state index in [1.807, 2.05) is 0 Å². The average Bonchev–Trinajstić information content (AvgIpc) is 1.59. The van der Waals surface area contributed by atoms with E-state index in [1.165, 1.54) is 14.0 Å². The van der Waals surface area contributed by atoms with Crippen molar-refractivity contribution in [2.75, 3.05) is 20.1 Å². The number of hydrogen-bond donors (Lipinski definition) is 0. The summed E-state index contributed by atoms with van der Waals surface area (Å²) in [6, 6.07) is 0. The molecule has 0 unspecified atom stereocenters. The SMILES string of the molecule is CC(=O)[N+]1(C)CC(F)(F)C1. The number of nitrogens with zero attached hydrogens (tertiary/aromatic N) is 1. The summed E-state index contributed by atoms with van der Waals surface area (Å²) in [6.07, 6.45) is 0. The van der Waals surface area contributed by atoms with Gasteiger partial charge in [0.1, 0.15) is 0 Å². The van der Waals surface area contributed by atoms with Crippen molar-refractivity contribution in [2.24, 2.45) is 0 Å². The molecule has 0 saturated carbocycles. The Hall–Kier alpha value is -0.510. The van der Waals surface area contributed by atoms with Gasteiger partial charge in [-0.05, 0) is 0 Å². The number of amides is 1. The second-order valence-corrected chi connectivity index (χ2v) is 3.09. The summed E-state index contributed by atoms with van der Waals surface area (Å²) in [5.41, 5.74) is 0. The van der Waals surface area contributed by atoms with Crippen LogP contribution >= 0.6 is 0 Å². The lowest BCUT2D eigenvalue weighted by molar-refractivity contribution is -0.900. The Morgan fingerprint density at radius 1 is 1.50 bits per heavy atom. The van der Waals surface area contributed by atoms with Gasteiger partial charge in [0.15, 0.2) is 13.1 Å². The van der Waals surface area contributed by atoms with Crippen LogP contribution in [-0.4, -0.2) is 36.4 Å². The molecule has 4 heteroatoms. The highest BCUT2D eigenvalue weighted by Gasteiger charge is 2.58. The zero-order valence-electron chi connectivity index (χ0n) is 6.03. The van der Waals surface area contributed by atoms with E-state index in [2.05, 4.69) is 0 Å². The van der Waals surface area contributed by atoms with Gasteiger partial charge in [-0.3, -0.25) is 4.48 Å². The maximum atomic E-state index is 12.2. The number of hydrogen-bond acceptors (Lipinski definition) is 1. The first-order chi connectivity index (χ1) is 4.36. The van der Waals surface area contributed by atoms with Gasteiger partial charge >= 0.3 is 11.8 Å². The summed E-state index contributed by atoms with van der Waals surface area (Å²) in [7, 11) is 1.53. The Morgan fingerprint density at radius 3 is 2.00 bits per heavy atom.